The van der Waals surface area contributed by atoms with Crippen molar-refractivity contribution < 1.29 is 22.4 Å². The highest BCUT2D eigenvalue weighted by Gasteiger charge is 2.32. The van der Waals surface area contributed by atoms with E-state index in [2.05, 4.69) is 5.32 Å². The molecule has 1 N–H and O–H groups in total. The molecule has 0 aliphatic rings. The number of benzene rings is 2. The van der Waals surface area contributed by atoms with Crippen LogP contribution in [0.4, 0.5) is 10.1 Å². The van der Waals surface area contributed by atoms with Crippen molar-refractivity contribution in [3.63, 3.8) is 0 Å². The van der Waals surface area contributed by atoms with Gasteiger partial charge in [0.2, 0.25) is 21.8 Å². The molecule has 0 fully saturated rings. The number of anilines is 1. The zero-order chi connectivity index (χ0) is 24.6. The van der Waals surface area contributed by atoms with Gasteiger partial charge in [-0.2, -0.15) is 0 Å². The van der Waals surface area contributed by atoms with Gasteiger partial charge in [-0.25, -0.2) is 12.8 Å². The lowest BCUT2D eigenvalue weighted by molar-refractivity contribution is -0.140. The van der Waals surface area contributed by atoms with Gasteiger partial charge >= 0.3 is 0 Å². The summed E-state index contributed by atoms with van der Waals surface area (Å²) in [5.74, 6) is -1.66. The molecule has 0 aromatic heterocycles. The lowest BCUT2D eigenvalue weighted by atomic mass is 10.1. The average molecular weight is 478 g/mol. The van der Waals surface area contributed by atoms with Crippen LogP contribution in [0.25, 0.3) is 0 Å². The van der Waals surface area contributed by atoms with E-state index in [9.17, 15) is 22.4 Å². The third-order valence-corrected chi connectivity index (χ3v) is 6.30. The molecule has 0 heterocycles. The van der Waals surface area contributed by atoms with Gasteiger partial charge in [0.1, 0.15) is 18.4 Å². The maximum Gasteiger partial charge on any atom is 0.244 e. The Hall–Kier alpha value is -2.94. The fourth-order valence-electron chi connectivity index (χ4n) is 3.54. The first-order chi connectivity index (χ1) is 15.6. The van der Waals surface area contributed by atoms with Crippen LogP contribution in [0, 0.1) is 12.7 Å². The van der Waals surface area contributed by atoms with Crippen molar-refractivity contribution in [3.8, 4) is 0 Å². The van der Waals surface area contributed by atoms with E-state index < -0.39 is 34.3 Å². The summed E-state index contributed by atoms with van der Waals surface area (Å²) < 4.78 is 40.1. The van der Waals surface area contributed by atoms with Gasteiger partial charge in [-0.15, -0.1) is 0 Å². The molecule has 7 nitrogen and oxygen atoms in total. The van der Waals surface area contributed by atoms with Crippen molar-refractivity contribution in [1.82, 2.24) is 10.2 Å². The van der Waals surface area contributed by atoms with Crippen LogP contribution in [-0.2, 0) is 26.2 Å². The zero-order valence-electron chi connectivity index (χ0n) is 19.5. The third-order valence-electron chi connectivity index (χ3n) is 5.17. The van der Waals surface area contributed by atoms with Gasteiger partial charge in [0.15, 0.2) is 0 Å². The number of para-hydroxylation sites is 1. The zero-order valence-corrected chi connectivity index (χ0v) is 20.4. The minimum atomic E-state index is -3.97. The van der Waals surface area contributed by atoms with Crippen molar-refractivity contribution in [2.75, 3.05) is 23.7 Å². The smallest absolute Gasteiger partial charge is 0.244 e. The molecule has 1 unspecified atom stereocenters. The number of hydrogen-bond acceptors (Lipinski definition) is 4. The Bertz CT molecular complexity index is 1070. The highest BCUT2D eigenvalue weighted by atomic mass is 32.2. The molecule has 0 aliphatic heterocycles. The predicted octanol–water partition coefficient (Wildman–Crippen LogP) is 3.23. The van der Waals surface area contributed by atoms with E-state index >= 15 is 0 Å². The third kappa shape index (κ3) is 7.28. The SMILES string of the molecule is CCCNC(=O)C(CC)N(Cc1cccc(C)c1)C(=O)CN(c1ccccc1F)S(C)(=O)=O. The summed E-state index contributed by atoms with van der Waals surface area (Å²) >= 11 is 0. The predicted molar refractivity (Wildman–Crippen MR) is 128 cm³/mol. The topological polar surface area (TPSA) is 86.8 Å². The van der Waals surface area contributed by atoms with Crippen LogP contribution in [0.3, 0.4) is 0 Å². The van der Waals surface area contributed by atoms with E-state index in [-0.39, 0.29) is 18.1 Å². The fourth-order valence-corrected chi connectivity index (χ4v) is 4.39. The van der Waals surface area contributed by atoms with E-state index in [1.54, 1.807) is 6.92 Å². The van der Waals surface area contributed by atoms with Gasteiger partial charge in [-0.1, -0.05) is 55.8 Å². The Morgan fingerprint density at radius 3 is 2.36 bits per heavy atom. The molecule has 9 heteroatoms. The molecule has 2 aromatic carbocycles. The Morgan fingerprint density at radius 1 is 1.09 bits per heavy atom. The number of nitrogens with zero attached hydrogens (tertiary/aromatic N) is 2. The quantitative estimate of drug-likeness (QED) is 0.538. The highest BCUT2D eigenvalue weighted by Crippen LogP contribution is 2.22. The van der Waals surface area contributed by atoms with Crippen molar-refractivity contribution in [1.29, 1.82) is 0 Å². The first-order valence-electron chi connectivity index (χ1n) is 10.9. The summed E-state index contributed by atoms with van der Waals surface area (Å²) in [6, 6.07) is 12.1. The molecule has 0 bridgehead atoms. The molecular weight excluding hydrogens is 445 g/mol. The molecule has 0 spiro atoms. The van der Waals surface area contributed by atoms with Gasteiger partial charge < -0.3 is 10.2 Å². The van der Waals surface area contributed by atoms with Crippen LogP contribution >= 0.6 is 0 Å². The van der Waals surface area contributed by atoms with Crippen LogP contribution in [0.5, 0.6) is 0 Å². The number of aryl methyl sites for hydroxylation is 1. The second-order valence-corrected chi connectivity index (χ2v) is 9.85. The second kappa shape index (κ2) is 11.8. The summed E-state index contributed by atoms with van der Waals surface area (Å²) in [5, 5.41) is 2.82. The van der Waals surface area contributed by atoms with Crippen molar-refractivity contribution in [2.45, 2.75) is 46.2 Å². The molecule has 0 radical (unpaired) electrons. The van der Waals surface area contributed by atoms with Gasteiger partial charge in [-0.05, 0) is 37.5 Å². The molecule has 33 heavy (non-hydrogen) atoms. The number of rotatable bonds is 11. The maximum atomic E-state index is 14.4. The highest BCUT2D eigenvalue weighted by molar-refractivity contribution is 7.92. The Balaban J connectivity index is 2.44. The largest absolute Gasteiger partial charge is 0.354 e. The summed E-state index contributed by atoms with van der Waals surface area (Å²) in [4.78, 5) is 27.7. The van der Waals surface area contributed by atoms with Crippen molar-refractivity contribution in [3.05, 3.63) is 65.5 Å². The summed E-state index contributed by atoms with van der Waals surface area (Å²) in [7, 11) is -3.97. The van der Waals surface area contributed by atoms with Gasteiger partial charge in [0.05, 0.1) is 11.9 Å². The molecule has 180 valence electrons. The number of amides is 2. The van der Waals surface area contributed by atoms with Crippen LogP contribution in [-0.4, -0.2) is 50.5 Å². The number of sulfonamides is 1. The first-order valence-corrected chi connectivity index (χ1v) is 12.8. The Labute approximate surface area is 195 Å². The fraction of sp³-hybridized carbons (Fsp3) is 0.417. The summed E-state index contributed by atoms with van der Waals surface area (Å²) in [6.07, 6.45) is 2.00. The average Bonchev–Trinajstić information content (AvgIpc) is 2.75. The van der Waals surface area contributed by atoms with E-state index in [0.29, 0.717) is 13.0 Å². The van der Waals surface area contributed by atoms with Crippen LogP contribution in [0.2, 0.25) is 0 Å². The Morgan fingerprint density at radius 2 is 1.79 bits per heavy atom. The first kappa shape index (κ1) is 26.3. The molecule has 2 rings (SSSR count). The molecule has 2 amide bonds. The van der Waals surface area contributed by atoms with Crippen LogP contribution in [0.1, 0.15) is 37.8 Å². The normalized spacial score (nSPS) is 12.2. The molecular formula is C24H32FN3O4S. The second-order valence-electron chi connectivity index (χ2n) is 7.95. The number of nitrogens with one attached hydrogen (secondary N) is 1. The molecule has 1 atom stereocenters. The van der Waals surface area contributed by atoms with Gasteiger partial charge in [0, 0.05) is 13.1 Å². The lowest BCUT2D eigenvalue weighted by Gasteiger charge is -2.33. The molecule has 0 aliphatic carbocycles. The van der Waals surface area contributed by atoms with Crippen LogP contribution < -0.4 is 9.62 Å². The minimum absolute atomic E-state index is 0.118. The molecule has 2 aromatic rings. The van der Waals surface area contributed by atoms with E-state index in [1.807, 2.05) is 38.1 Å². The number of halogens is 1. The van der Waals surface area contributed by atoms with E-state index in [0.717, 1.165) is 34.2 Å². The summed E-state index contributed by atoms with van der Waals surface area (Å²) in [5.41, 5.74) is 1.58. The number of hydrogen-bond donors (Lipinski definition) is 1. The summed E-state index contributed by atoms with van der Waals surface area (Å²) in [6.45, 7) is 5.60. The van der Waals surface area contributed by atoms with Crippen LogP contribution in [0.15, 0.2) is 48.5 Å². The minimum Gasteiger partial charge on any atom is -0.354 e. The number of carbonyl (C=O) groups is 2. The van der Waals surface area contributed by atoms with Gasteiger partial charge in [0.25, 0.3) is 0 Å². The maximum absolute atomic E-state index is 14.4. The number of carbonyl (C=O) groups excluding carboxylic acids is 2. The monoisotopic (exact) mass is 477 g/mol. The van der Waals surface area contributed by atoms with Crippen molar-refractivity contribution in [2.24, 2.45) is 0 Å². The lowest BCUT2D eigenvalue weighted by Crippen LogP contribution is -2.52. The van der Waals surface area contributed by atoms with Gasteiger partial charge in [-0.3, -0.25) is 13.9 Å². The van der Waals surface area contributed by atoms with E-state index in [4.69, 9.17) is 0 Å². The molecule has 0 saturated heterocycles. The van der Waals surface area contributed by atoms with Crippen molar-refractivity contribution >= 4 is 27.5 Å². The standard InChI is InChI=1S/C24H32FN3O4S/c1-5-14-26-24(30)21(6-2)27(16-19-11-9-10-18(3)15-19)23(29)17-28(33(4,31)32)22-13-8-7-12-20(22)25/h7-13,15,21H,5-6,14,16-17H2,1-4H3,(H,26,30). The van der Waals surface area contributed by atoms with E-state index in [1.165, 1.54) is 23.1 Å². The Kier molecular flexibility index (Phi) is 9.40. The molecule has 0 saturated carbocycles.